The first-order chi connectivity index (χ1) is 4.97. The number of rotatable bonds is 0. The van der Waals surface area contributed by atoms with Gasteiger partial charge in [-0.25, -0.2) is 0 Å². The SMILES string of the molecule is [C]1CCc2ccccc2[N]1. The van der Waals surface area contributed by atoms with Gasteiger partial charge < -0.3 is 0 Å². The van der Waals surface area contributed by atoms with E-state index in [1.165, 1.54) is 5.56 Å². The molecule has 0 spiro atoms. The molecule has 0 saturated heterocycles. The Morgan fingerprint density at radius 1 is 1.30 bits per heavy atom. The molecule has 0 N–H and O–H groups in total. The average molecular weight is 130 g/mol. The van der Waals surface area contributed by atoms with Gasteiger partial charge in [-0.3, -0.25) is 5.32 Å². The van der Waals surface area contributed by atoms with Gasteiger partial charge in [-0.1, -0.05) is 18.2 Å². The molecule has 10 heavy (non-hydrogen) atoms. The van der Waals surface area contributed by atoms with Crippen molar-refractivity contribution in [1.29, 1.82) is 0 Å². The van der Waals surface area contributed by atoms with E-state index >= 15 is 0 Å². The van der Waals surface area contributed by atoms with Crippen LogP contribution in [0.4, 0.5) is 5.69 Å². The molecule has 1 heteroatoms. The van der Waals surface area contributed by atoms with Crippen LogP contribution in [-0.4, -0.2) is 0 Å². The molecule has 0 fully saturated rings. The zero-order valence-corrected chi connectivity index (χ0v) is 5.67. The fraction of sp³-hybridized carbons (Fsp3) is 0.222. The highest BCUT2D eigenvalue weighted by Crippen LogP contribution is 2.22. The smallest absolute Gasteiger partial charge is 0.117 e. The average Bonchev–Trinajstić information content (AvgIpc) is 2.05. The molecule has 3 radical (unpaired) electrons. The molecule has 0 unspecified atom stereocenters. The van der Waals surface area contributed by atoms with Gasteiger partial charge in [-0.05, 0) is 24.5 Å². The van der Waals surface area contributed by atoms with Crippen molar-refractivity contribution in [3.05, 3.63) is 36.4 Å². The second kappa shape index (κ2) is 2.33. The molecule has 1 aliphatic rings. The van der Waals surface area contributed by atoms with Crippen LogP contribution < -0.4 is 5.32 Å². The van der Waals surface area contributed by atoms with Crippen molar-refractivity contribution in [2.45, 2.75) is 12.8 Å². The summed E-state index contributed by atoms with van der Waals surface area (Å²) in [4.78, 5) is 0. The Balaban J connectivity index is 2.41. The van der Waals surface area contributed by atoms with E-state index < -0.39 is 0 Å². The van der Waals surface area contributed by atoms with Gasteiger partial charge in [-0.2, -0.15) is 0 Å². The Morgan fingerprint density at radius 3 is 3.10 bits per heavy atom. The van der Waals surface area contributed by atoms with Crippen LogP contribution in [0.25, 0.3) is 0 Å². The Morgan fingerprint density at radius 2 is 2.20 bits per heavy atom. The van der Waals surface area contributed by atoms with Gasteiger partial charge in [0.2, 0.25) is 0 Å². The van der Waals surface area contributed by atoms with Gasteiger partial charge in [-0.15, -0.1) is 0 Å². The van der Waals surface area contributed by atoms with Crippen molar-refractivity contribution in [3.63, 3.8) is 0 Å². The van der Waals surface area contributed by atoms with Gasteiger partial charge in [0.15, 0.2) is 0 Å². The van der Waals surface area contributed by atoms with Gasteiger partial charge in [0.25, 0.3) is 0 Å². The minimum atomic E-state index is 0.969. The lowest BCUT2D eigenvalue weighted by molar-refractivity contribution is 0.799. The second-order valence-electron chi connectivity index (χ2n) is 2.40. The first-order valence-electron chi connectivity index (χ1n) is 3.48. The third-order valence-electron chi connectivity index (χ3n) is 1.70. The molecule has 1 aliphatic heterocycles. The Labute approximate surface area is 61.1 Å². The van der Waals surface area contributed by atoms with Crippen molar-refractivity contribution < 1.29 is 0 Å². The zero-order valence-electron chi connectivity index (χ0n) is 5.67. The van der Waals surface area contributed by atoms with E-state index in [0.29, 0.717) is 0 Å². The minimum Gasteiger partial charge on any atom is -0.273 e. The summed E-state index contributed by atoms with van der Waals surface area (Å²) < 4.78 is 0. The summed E-state index contributed by atoms with van der Waals surface area (Å²) in [6.07, 6.45) is 2.07. The highest BCUT2D eigenvalue weighted by atomic mass is 14.9. The second-order valence-corrected chi connectivity index (χ2v) is 2.40. The summed E-state index contributed by atoms with van der Waals surface area (Å²) in [5.41, 5.74) is 2.44. The molecule has 0 bridgehead atoms. The van der Waals surface area contributed by atoms with Crippen molar-refractivity contribution in [3.8, 4) is 0 Å². The third kappa shape index (κ3) is 0.878. The van der Waals surface area contributed by atoms with E-state index in [-0.39, 0.29) is 0 Å². The lowest BCUT2D eigenvalue weighted by Gasteiger charge is -2.12. The molecule has 1 aromatic carbocycles. The molecule has 0 aromatic heterocycles. The van der Waals surface area contributed by atoms with Crippen LogP contribution in [0, 0.1) is 6.54 Å². The normalized spacial score (nSPS) is 15.6. The largest absolute Gasteiger partial charge is 0.273 e. The highest BCUT2D eigenvalue weighted by molar-refractivity contribution is 5.47. The zero-order chi connectivity index (χ0) is 6.81. The van der Waals surface area contributed by atoms with Crippen LogP contribution in [0.3, 0.4) is 0 Å². The molecule has 49 valence electrons. The minimum absolute atomic E-state index is 0.969. The van der Waals surface area contributed by atoms with Crippen LogP contribution in [-0.2, 0) is 6.42 Å². The van der Waals surface area contributed by atoms with E-state index in [4.69, 9.17) is 0 Å². The summed E-state index contributed by atoms with van der Waals surface area (Å²) in [6, 6.07) is 8.22. The molecule has 1 aromatic rings. The number of hydrogen-bond donors (Lipinski definition) is 0. The maximum Gasteiger partial charge on any atom is 0.117 e. The number of para-hydroxylation sites is 1. The Kier molecular flexibility index (Phi) is 1.35. The first-order valence-corrected chi connectivity index (χ1v) is 3.48. The van der Waals surface area contributed by atoms with E-state index in [0.717, 1.165) is 18.5 Å². The number of fused-ring (bicyclic) bond motifs is 1. The maximum atomic E-state index is 4.14. The fourth-order valence-electron chi connectivity index (χ4n) is 1.16. The van der Waals surface area contributed by atoms with Crippen LogP contribution in [0.15, 0.2) is 24.3 Å². The summed E-state index contributed by atoms with van der Waals surface area (Å²) in [5, 5.41) is 4.14. The number of benzene rings is 1. The maximum absolute atomic E-state index is 4.14. The third-order valence-corrected chi connectivity index (χ3v) is 1.70. The molecular formula is C9H8N. The Bertz CT molecular complexity index is 205. The topological polar surface area (TPSA) is 14.1 Å². The number of aryl methyl sites for hydroxylation is 1. The molecule has 2 rings (SSSR count). The summed E-state index contributed by atoms with van der Waals surface area (Å²) >= 11 is 0. The van der Waals surface area contributed by atoms with E-state index in [1.807, 2.05) is 12.1 Å². The lowest BCUT2D eigenvalue weighted by Crippen LogP contribution is -2.04. The number of nitrogens with zero attached hydrogens (tertiary/aromatic N) is 1. The van der Waals surface area contributed by atoms with Crippen molar-refractivity contribution in [1.82, 2.24) is 5.32 Å². The molecule has 0 atom stereocenters. The van der Waals surface area contributed by atoms with Crippen molar-refractivity contribution in [2.75, 3.05) is 0 Å². The van der Waals surface area contributed by atoms with Gasteiger partial charge >= 0.3 is 0 Å². The molecule has 0 aliphatic carbocycles. The van der Waals surface area contributed by atoms with Gasteiger partial charge in [0.1, 0.15) is 6.54 Å². The molecular weight excluding hydrogens is 122 g/mol. The quantitative estimate of drug-likeness (QED) is 0.509. The van der Waals surface area contributed by atoms with Gasteiger partial charge in [0.05, 0.1) is 5.69 Å². The first kappa shape index (κ1) is 5.78. The van der Waals surface area contributed by atoms with Gasteiger partial charge in [0, 0.05) is 0 Å². The van der Waals surface area contributed by atoms with E-state index in [2.05, 4.69) is 24.0 Å². The fourth-order valence-corrected chi connectivity index (χ4v) is 1.16. The molecule has 0 saturated carbocycles. The lowest BCUT2D eigenvalue weighted by atomic mass is 10.0. The molecule has 1 nitrogen and oxygen atoms in total. The summed E-state index contributed by atoms with van der Waals surface area (Å²) in [7, 11) is 0. The van der Waals surface area contributed by atoms with Crippen LogP contribution >= 0.6 is 0 Å². The summed E-state index contributed by atoms with van der Waals surface area (Å²) in [5.74, 6) is 0. The standard InChI is InChI=1S/C9H8N/c1-2-6-9-8(4-1)5-3-7-10-9/h1-2,4,6H,3,5H2. The summed E-state index contributed by atoms with van der Waals surface area (Å²) in [6.45, 7) is 2.97. The molecule has 1 heterocycles. The van der Waals surface area contributed by atoms with E-state index in [1.54, 1.807) is 0 Å². The predicted octanol–water partition coefficient (Wildman–Crippen LogP) is 1.91. The Hall–Kier alpha value is -0.980. The van der Waals surface area contributed by atoms with Crippen LogP contribution in [0.1, 0.15) is 12.0 Å². The van der Waals surface area contributed by atoms with Crippen molar-refractivity contribution >= 4 is 5.69 Å². The molecule has 0 amide bonds. The van der Waals surface area contributed by atoms with Crippen molar-refractivity contribution in [2.24, 2.45) is 0 Å². The monoisotopic (exact) mass is 130 g/mol. The highest BCUT2D eigenvalue weighted by Gasteiger charge is 2.07. The van der Waals surface area contributed by atoms with Crippen LogP contribution in [0.5, 0.6) is 0 Å². The van der Waals surface area contributed by atoms with Crippen LogP contribution in [0.2, 0.25) is 0 Å². The number of hydrogen-bond acceptors (Lipinski definition) is 0. The van der Waals surface area contributed by atoms with E-state index in [9.17, 15) is 0 Å². The predicted molar refractivity (Wildman–Crippen MR) is 39.8 cm³/mol.